The predicted molar refractivity (Wildman–Crippen MR) is 89.6 cm³/mol. The van der Waals surface area contributed by atoms with E-state index in [1.165, 1.54) is 32.4 Å². The Morgan fingerprint density at radius 1 is 1.13 bits per heavy atom. The number of alkyl carbamates (subject to hydrolysis) is 1. The van der Waals surface area contributed by atoms with Gasteiger partial charge in [-0.2, -0.15) is 0 Å². The summed E-state index contributed by atoms with van der Waals surface area (Å²) in [6.07, 6.45) is 6.55. The number of carboxylic acids is 1. The average Bonchev–Trinajstić information content (AvgIpc) is 2.44. The zero-order valence-corrected chi connectivity index (χ0v) is 14.8. The molecule has 0 aromatic heterocycles. The molecule has 1 aliphatic heterocycles. The summed E-state index contributed by atoms with van der Waals surface area (Å²) in [4.78, 5) is 25.4. The zero-order valence-electron chi connectivity index (χ0n) is 14.8. The molecular formula is C17H32N2O4. The first kappa shape index (κ1) is 19.7. The molecule has 0 bridgehead atoms. The molecule has 0 aromatic rings. The molecule has 0 aliphatic carbocycles. The third kappa shape index (κ3) is 9.43. The quantitative estimate of drug-likeness (QED) is 0.670. The van der Waals surface area contributed by atoms with Crippen LogP contribution in [0.25, 0.3) is 0 Å². The van der Waals surface area contributed by atoms with Crippen LogP contribution in [-0.2, 0) is 9.53 Å². The highest BCUT2D eigenvalue weighted by molar-refractivity contribution is 5.79. The number of hydrogen-bond acceptors (Lipinski definition) is 4. The number of carbonyl (C=O) groups is 2. The van der Waals surface area contributed by atoms with Crippen molar-refractivity contribution < 1.29 is 19.4 Å². The largest absolute Gasteiger partial charge is 0.480 e. The van der Waals surface area contributed by atoms with Crippen LogP contribution in [0.15, 0.2) is 0 Å². The van der Waals surface area contributed by atoms with Gasteiger partial charge in [0, 0.05) is 0 Å². The molecule has 0 unspecified atom stereocenters. The first-order valence-corrected chi connectivity index (χ1v) is 8.72. The minimum atomic E-state index is -1.01. The van der Waals surface area contributed by atoms with Gasteiger partial charge >= 0.3 is 12.1 Å². The van der Waals surface area contributed by atoms with E-state index in [9.17, 15) is 14.7 Å². The van der Waals surface area contributed by atoms with Crippen molar-refractivity contribution in [3.8, 4) is 0 Å². The number of aliphatic carboxylic acids is 1. The molecule has 1 amide bonds. The van der Waals surface area contributed by atoms with E-state index in [0.29, 0.717) is 6.42 Å². The molecule has 1 saturated heterocycles. The molecule has 23 heavy (non-hydrogen) atoms. The van der Waals surface area contributed by atoms with Crippen LogP contribution in [0.4, 0.5) is 4.79 Å². The summed E-state index contributed by atoms with van der Waals surface area (Å²) >= 11 is 0. The van der Waals surface area contributed by atoms with Crippen molar-refractivity contribution in [2.24, 2.45) is 0 Å². The van der Waals surface area contributed by atoms with E-state index in [1.54, 1.807) is 20.8 Å². The second-order valence-corrected chi connectivity index (χ2v) is 7.29. The molecule has 2 N–H and O–H groups in total. The van der Waals surface area contributed by atoms with Gasteiger partial charge in [-0.15, -0.1) is 0 Å². The molecule has 1 fully saturated rings. The average molecular weight is 328 g/mol. The third-order valence-electron chi connectivity index (χ3n) is 3.90. The highest BCUT2D eigenvalue weighted by atomic mass is 16.6. The van der Waals surface area contributed by atoms with Crippen molar-refractivity contribution >= 4 is 12.1 Å². The van der Waals surface area contributed by atoms with Crippen LogP contribution in [0.5, 0.6) is 0 Å². The SMILES string of the molecule is CC(C)(C)OC(=O)N[C@@H](CCCCCN1CCCCC1)C(=O)O. The summed E-state index contributed by atoms with van der Waals surface area (Å²) in [6.45, 7) is 8.74. The fourth-order valence-corrected chi connectivity index (χ4v) is 2.75. The van der Waals surface area contributed by atoms with Gasteiger partial charge in [0.2, 0.25) is 0 Å². The highest BCUT2D eigenvalue weighted by Gasteiger charge is 2.23. The first-order valence-electron chi connectivity index (χ1n) is 8.72. The number of amides is 1. The van der Waals surface area contributed by atoms with Crippen LogP contribution < -0.4 is 5.32 Å². The lowest BCUT2D eigenvalue weighted by molar-refractivity contribution is -0.139. The van der Waals surface area contributed by atoms with Crippen LogP contribution in [0.1, 0.15) is 65.7 Å². The van der Waals surface area contributed by atoms with Gasteiger partial charge in [-0.1, -0.05) is 19.3 Å². The van der Waals surface area contributed by atoms with Crippen molar-refractivity contribution in [1.29, 1.82) is 0 Å². The van der Waals surface area contributed by atoms with E-state index >= 15 is 0 Å². The van der Waals surface area contributed by atoms with Gasteiger partial charge < -0.3 is 20.1 Å². The van der Waals surface area contributed by atoms with Gasteiger partial charge in [0.1, 0.15) is 11.6 Å². The first-order chi connectivity index (χ1) is 10.8. The van der Waals surface area contributed by atoms with Crippen LogP contribution in [-0.4, -0.2) is 53.3 Å². The fraction of sp³-hybridized carbons (Fsp3) is 0.882. The Kier molecular flexibility index (Phi) is 8.37. The number of likely N-dealkylation sites (tertiary alicyclic amines) is 1. The van der Waals surface area contributed by atoms with Crippen molar-refractivity contribution in [3.63, 3.8) is 0 Å². The number of carbonyl (C=O) groups excluding carboxylic acids is 1. The van der Waals surface area contributed by atoms with Crippen LogP contribution in [0.2, 0.25) is 0 Å². The Balaban J connectivity index is 2.20. The molecule has 1 atom stereocenters. The maximum absolute atomic E-state index is 11.7. The van der Waals surface area contributed by atoms with Crippen molar-refractivity contribution in [1.82, 2.24) is 10.2 Å². The molecule has 0 aromatic carbocycles. The minimum absolute atomic E-state index is 0.439. The summed E-state index contributed by atoms with van der Waals surface area (Å²) in [5, 5.41) is 11.6. The third-order valence-corrected chi connectivity index (χ3v) is 3.90. The number of unbranched alkanes of at least 4 members (excludes halogenated alkanes) is 2. The van der Waals surface area contributed by atoms with Crippen molar-refractivity contribution in [2.75, 3.05) is 19.6 Å². The molecule has 0 spiro atoms. The molecule has 0 saturated carbocycles. The summed E-state index contributed by atoms with van der Waals surface area (Å²) in [5.74, 6) is -1.01. The summed E-state index contributed by atoms with van der Waals surface area (Å²) in [6, 6.07) is -0.875. The van der Waals surface area contributed by atoms with Crippen molar-refractivity contribution in [3.05, 3.63) is 0 Å². The van der Waals surface area contributed by atoms with E-state index in [0.717, 1.165) is 25.8 Å². The Hall–Kier alpha value is -1.30. The molecule has 1 heterocycles. The molecule has 1 aliphatic rings. The lowest BCUT2D eigenvalue weighted by Gasteiger charge is -2.26. The normalized spacial score (nSPS) is 17.5. The molecule has 6 nitrogen and oxygen atoms in total. The van der Waals surface area contributed by atoms with Gasteiger partial charge in [-0.05, 0) is 66.1 Å². The standard InChI is InChI=1S/C17H32N2O4/c1-17(2,3)23-16(22)18-14(15(20)21)10-6-4-7-11-19-12-8-5-9-13-19/h14H,4-13H2,1-3H3,(H,18,22)(H,20,21)/t14-/m0/s1. The monoisotopic (exact) mass is 328 g/mol. The smallest absolute Gasteiger partial charge is 0.408 e. The summed E-state index contributed by atoms with van der Waals surface area (Å²) in [7, 11) is 0. The number of carboxylic acid groups (broad SMARTS) is 1. The Morgan fingerprint density at radius 2 is 1.78 bits per heavy atom. The van der Waals surface area contributed by atoms with E-state index in [2.05, 4.69) is 10.2 Å². The lowest BCUT2D eigenvalue weighted by atomic mass is 10.1. The molecule has 1 rings (SSSR count). The number of nitrogens with one attached hydrogen (secondary N) is 1. The number of hydrogen-bond donors (Lipinski definition) is 2. The molecule has 6 heteroatoms. The van der Waals surface area contributed by atoms with Crippen molar-refractivity contribution in [2.45, 2.75) is 77.4 Å². The molecule has 0 radical (unpaired) electrons. The van der Waals surface area contributed by atoms with Gasteiger partial charge in [0.05, 0.1) is 0 Å². The van der Waals surface area contributed by atoms with E-state index in [4.69, 9.17) is 4.74 Å². The van der Waals surface area contributed by atoms with Crippen LogP contribution >= 0.6 is 0 Å². The van der Waals surface area contributed by atoms with Gasteiger partial charge in [0.15, 0.2) is 0 Å². The second kappa shape index (κ2) is 9.75. The maximum Gasteiger partial charge on any atom is 0.408 e. The molecule has 134 valence electrons. The van der Waals surface area contributed by atoms with E-state index in [-0.39, 0.29) is 0 Å². The van der Waals surface area contributed by atoms with Gasteiger partial charge in [-0.25, -0.2) is 9.59 Å². The Labute approximate surface area is 139 Å². The zero-order chi connectivity index (χ0) is 17.3. The van der Waals surface area contributed by atoms with Gasteiger partial charge in [0.25, 0.3) is 0 Å². The number of ether oxygens (including phenoxy) is 1. The Bertz CT molecular complexity index is 373. The fourth-order valence-electron chi connectivity index (χ4n) is 2.75. The van der Waals surface area contributed by atoms with Crippen LogP contribution in [0.3, 0.4) is 0 Å². The number of rotatable bonds is 8. The van der Waals surface area contributed by atoms with Crippen LogP contribution in [0, 0.1) is 0 Å². The maximum atomic E-state index is 11.7. The van der Waals surface area contributed by atoms with E-state index < -0.39 is 23.7 Å². The summed E-state index contributed by atoms with van der Waals surface area (Å²) in [5.41, 5.74) is -0.623. The lowest BCUT2D eigenvalue weighted by Crippen LogP contribution is -2.43. The number of nitrogens with zero attached hydrogens (tertiary/aromatic N) is 1. The molecular weight excluding hydrogens is 296 g/mol. The second-order valence-electron chi connectivity index (χ2n) is 7.29. The van der Waals surface area contributed by atoms with E-state index in [1.807, 2.05) is 0 Å². The van der Waals surface area contributed by atoms with Gasteiger partial charge in [-0.3, -0.25) is 0 Å². The predicted octanol–water partition coefficient (Wildman–Crippen LogP) is 3.01. The summed E-state index contributed by atoms with van der Waals surface area (Å²) < 4.78 is 5.11. The number of piperidine rings is 1. The highest BCUT2D eigenvalue weighted by Crippen LogP contribution is 2.12. The minimum Gasteiger partial charge on any atom is -0.480 e. The topological polar surface area (TPSA) is 78.9 Å². The Morgan fingerprint density at radius 3 is 2.35 bits per heavy atom.